The summed E-state index contributed by atoms with van der Waals surface area (Å²) in [4.78, 5) is 14.3. The molecule has 2 aliphatic carbocycles. The number of carbonyl (C=O) groups excluding carboxylic acids is 1. The molecule has 1 N–H and O–H groups in total. The van der Waals surface area contributed by atoms with Crippen LogP contribution in [-0.4, -0.2) is 24.6 Å². The summed E-state index contributed by atoms with van der Waals surface area (Å²) < 4.78 is 6.66. The Hall–Kier alpha value is -0.830. The van der Waals surface area contributed by atoms with Gasteiger partial charge < -0.3 is 4.74 Å². The minimum atomic E-state index is 0.00590. The van der Waals surface area contributed by atoms with Crippen molar-refractivity contribution in [3.63, 3.8) is 0 Å². The van der Waals surface area contributed by atoms with Gasteiger partial charge in [0.1, 0.15) is 5.76 Å². The summed E-state index contributed by atoms with van der Waals surface area (Å²) in [5, 5.41) is 0. The molecule has 0 aromatic heterocycles. The van der Waals surface area contributed by atoms with Gasteiger partial charge in [-0.3, -0.25) is 9.69 Å². The van der Waals surface area contributed by atoms with Crippen molar-refractivity contribution in [3.8, 4) is 0 Å². The SMILES string of the molecule is CC1(C)CC(=O)C2=C(C1)O[C@@]1([NH+]3CCCC3)CCC[C@@H]2C1. The number of nitrogens with one attached hydrogen (secondary N) is 1. The Bertz CT molecular complexity index is 501. The van der Waals surface area contributed by atoms with Gasteiger partial charge in [-0.15, -0.1) is 0 Å². The molecule has 2 atom stereocenters. The van der Waals surface area contributed by atoms with E-state index in [9.17, 15) is 4.79 Å². The van der Waals surface area contributed by atoms with Gasteiger partial charge in [0.15, 0.2) is 5.78 Å². The van der Waals surface area contributed by atoms with Gasteiger partial charge in [0, 0.05) is 50.0 Å². The van der Waals surface area contributed by atoms with Crippen molar-refractivity contribution in [2.75, 3.05) is 13.1 Å². The molecule has 1 saturated carbocycles. The molecule has 1 saturated heterocycles. The lowest BCUT2D eigenvalue weighted by molar-refractivity contribution is -0.970. The Balaban J connectivity index is 1.72. The van der Waals surface area contributed by atoms with Crippen molar-refractivity contribution in [2.45, 2.75) is 70.9 Å². The van der Waals surface area contributed by atoms with E-state index in [1.807, 2.05) is 0 Å². The van der Waals surface area contributed by atoms with E-state index >= 15 is 0 Å². The average molecular weight is 290 g/mol. The first kappa shape index (κ1) is 13.8. The maximum Gasteiger partial charge on any atom is 0.241 e. The van der Waals surface area contributed by atoms with Crippen molar-refractivity contribution < 1.29 is 14.4 Å². The number of likely N-dealkylation sites (tertiary alicyclic amines) is 1. The lowest BCUT2D eigenvalue weighted by Crippen LogP contribution is -3.19. The van der Waals surface area contributed by atoms with E-state index in [0.29, 0.717) is 18.1 Å². The lowest BCUT2D eigenvalue weighted by Gasteiger charge is -2.50. The Kier molecular flexibility index (Phi) is 3.01. The summed E-state index contributed by atoms with van der Waals surface area (Å²) in [6.45, 7) is 6.93. The first-order valence-electron chi connectivity index (χ1n) is 8.80. The van der Waals surface area contributed by atoms with Crippen molar-refractivity contribution in [1.29, 1.82) is 0 Å². The molecule has 2 bridgehead atoms. The standard InChI is InChI=1S/C18H27NO2/c1-17(2)11-14(20)16-13-6-5-7-18(10-13,21-15(16)12-17)19-8-3-4-9-19/h13H,3-12H2,1-2H3/p+1/t13-,18+/m1/s1. The lowest BCUT2D eigenvalue weighted by atomic mass is 9.67. The number of allylic oxidation sites excluding steroid dienone is 2. The van der Waals surface area contributed by atoms with Gasteiger partial charge in [-0.2, -0.15) is 0 Å². The Morgan fingerprint density at radius 3 is 2.67 bits per heavy atom. The molecule has 21 heavy (non-hydrogen) atoms. The number of carbonyl (C=O) groups is 1. The van der Waals surface area contributed by atoms with E-state index in [0.717, 1.165) is 24.2 Å². The molecule has 3 heteroatoms. The van der Waals surface area contributed by atoms with Crippen molar-refractivity contribution in [2.24, 2.45) is 11.3 Å². The molecule has 0 aromatic carbocycles. The summed E-state index contributed by atoms with van der Waals surface area (Å²) in [7, 11) is 0. The fourth-order valence-electron chi connectivity index (χ4n) is 5.29. The maximum atomic E-state index is 12.6. The quantitative estimate of drug-likeness (QED) is 0.803. The van der Waals surface area contributed by atoms with E-state index in [4.69, 9.17) is 4.74 Å². The van der Waals surface area contributed by atoms with Crippen LogP contribution >= 0.6 is 0 Å². The number of fused-ring (bicyclic) bond motifs is 3. The molecular formula is C18H28NO2+. The minimum absolute atomic E-state index is 0.00590. The van der Waals surface area contributed by atoms with Gasteiger partial charge in [-0.1, -0.05) is 13.8 Å². The highest BCUT2D eigenvalue weighted by Gasteiger charge is 2.55. The highest BCUT2D eigenvalue weighted by molar-refractivity contribution is 5.97. The summed E-state index contributed by atoms with van der Waals surface area (Å²) in [6.07, 6.45) is 9.03. The molecular weight excluding hydrogens is 262 g/mol. The van der Waals surface area contributed by atoms with Crippen LogP contribution in [0.2, 0.25) is 0 Å². The molecule has 2 fully saturated rings. The second-order valence-electron chi connectivity index (χ2n) is 8.48. The van der Waals surface area contributed by atoms with Crippen LogP contribution < -0.4 is 4.90 Å². The molecule has 0 spiro atoms. The summed E-state index contributed by atoms with van der Waals surface area (Å²) in [5.41, 5.74) is 1.16. The van der Waals surface area contributed by atoms with Crippen LogP contribution in [0.5, 0.6) is 0 Å². The number of ether oxygens (including phenoxy) is 1. The summed E-state index contributed by atoms with van der Waals surface area (Å²) >= 11 is 0. The van der Waals surface area contributed by atoms with E-state index in [1.165, 1.54) is 45.2 Å². The number of quaternary nitrogens is 1. The predicted octanol–water partition coefficient (Wildman–Crippen LogP) is 2.22. The molecule has 0 aromatic rings. The van der Waals surface area contributed by atoms with Crippen LogP contribution in [0, 0.1) is 11.3 Å². The van der Waals surface area contributed by atoms with Gasteiger partial charge >= 0.3 is 0 Å². The number of Topliss-reactive ketones (excluding diaryl/α,β-unsaturated/α-hetero) is 1. The highest BCUT2D eigenvalue weighted by Crippen LogP contribution is 2.49. The minimum Gasteiger partial charge on any atom is -0.444 e. The van der Waals surface area contributed by atoms with Crippen LogP contribution in [0.15, 0.2) is 11.3 Å². The second kappa shape index (κ2) is 4.58. The van der Waals surface area contributed by atoms with Crippen molar-refractivity contribution in [3.05, 3.63) is 11.3 Å². The van der Waals surface area contributed by atoms with Gasteiger partial charge in [0.2, 0.25) is 5.72 Å². The van der Waals surface area contributed by atoms with Crippen LogP contribution in [0.25, 0.3) is 0 Å². The molecule has 0 unspecified atom stereocenters. The smallest absolute Gasteiger partial charge is 0.241 e. The zero-order chi connectivity index (χ0) is 14.7. The zero-order valence-electron chi connectivity index (χ0n) is 13.5. The van der Waals surface area contributed by atoms with E-state index < -0.39 is 0 Å². The van der Waals surface area contributed by atoms with Crippen LogP contribution in [0.3, 0.4) is 0 Å². The normalized spacial score (nSPS) is 39.1. The molecule has 3 nitrogen and oxygen atoms in total. The first-order valence-corrected chi connectivity index (χ1v) is 8.80. The summed E-state index contributed by atoms with van der Waals surface area (Å²) in [5.74, 6) is 1.93. The molecule has 2 aliphatic heterocycles. The van der Waals surface area contributed by atoms with Crippen molar-refractivity contribution >= 4 is 5.78 Å². The zero-order valence-corrected chi connectivity index (χ0v) is 13.5. The number of ketones is 1. The Morgan fingerprint density at radius 2 is 1.90 bits per heavy atom. The fourth-order valence-corrected chi connectivity index (χ4v) is 5.29. The molecule has 0 radical (unpaired) electrons. The van der Waals surface area contributed by atoms with Crippen LogP contribution in [0.4, 0.5) is 0 Å². The van der Waals surface area contributed by atoms with Gasteiger partial charge in [0.05, 0.1) is 13.1 Å². The number of rotatable bonds is 1. The number of hydrogen-bond acceptors (Lipinski definition) is 2. The van der Waals surface area contributed by atoms with Gasteiger partial charge in [0.25, 0.3) is 0 Å². The van der Waals surface area contributed by atoms with Gasteiger partial charge in [-0.05, 0) is 18.3 Å². The van der Waals surface area contributed by atoms with E-state index in [-0.39, 0.29) is 11.1 Å². The Labute approximate surface area is 127 Å². The maximum absolute atomic E-state index is 12.6. The Morgan fingerprint density at radius 1 is 1.14 bits per heavy atom. The summed E-state index contributed by atoms with van der Waals surface area (Å²) in [6, 6.07) is 0. The third-order valence-corrected chi connectivity index (χ3v) is 6.17. The van der Waals surface area contributed by atoms with Gasteiger partial charge in [-0.25, -0.2) is 0 Å². The average Bonchev–Trinajstić information content (AvgIpc) is 2.90. The van der Waals surface area contributed by atoms with Crippen LogP contribution in [-0.2, 0) is 9.53 Å². The third kappa shape index (κ3) is 2.16. The largest absolute Gasteiger partial charge is 0.444 e. The van der Waals surface area contributed by atoms with Crippen molar-refractivity contribution in [1.82, 2.24) is 0 Å². The molecule has 0 amide bonds. The van der Waals surface area contributed by atoms with Crippen LogP contribution in [0.1, 0.15) is 65.2 Å². The molecule has 116 valence electrons. The third-order valence-electron chi connectivity index (χ3n) is 6.17. The predicted molar refractivity (Wildman–Crippen MR) is 80.8 cm³/mol. The van der Waals surface area contributed by atoms with E-state index in [1.54, 1.807) is 4.90 Å². The van der Waals surface area contributed by atoms with E-state index in [2.05, 4.69) is 13.8 Å². The molecule has 4 rings (SSSR count). The second-order valence-corrected chi connectivity index (χ2v) is 8.48. The molecule has 2 heterocycles. The fraction of sp³-hybridized carbons (Fsp3) is 0.833. The number of hydrogen-bond donors (Lipinski definition) is 1. The monoisotopic (exact) mass is 290 g/mol. The highest BCUT2D eigenvalue weighted by atomic mass is 16.5. The first-order chi connectivity index (χ1) is 9.99. The topological polar surface area (TPSA) is 30.7 Å². The molecule has 4 aliphatic rings.